The maximum absolute atomic E-state index is 13.9. The molecular weight excluding hydrogens is 349 g/mol. The van der Waals surface area contributed by atoms with Crippen LogP contribution in [0.15, 0.2) is 47.5 Å². The van der Waals surface area contributed by atoms with E-state index in [9.17, 15) is 9.18 Å². The van der Waals surface area contributed by atoms with Crippen LogP contribution in [0.2, 0.25) is 0 Å². The summed E-state index contributed by atoms with van der Waals surface area (Å²) in [5.41, 5.74) is 0.881. The maximum atomic E-state index is 13.9. The summed E-state index contributed by atoms with van der Waals surface area (Å²) in [5.74, 6) is 0.165. The van der Waals surface area contributed by atoms with Gasteiger partial charge in [0.25, 0.3) is 11.8 Å². The van der Waals surface area contributed by atoms with Gasteiger partial charge in [-0.25, -0.2) is 4.39 Å². The zero-order chi connectivity index (χ0) is 18.6. The van der Waals surface area contributed by atoms with Crippen LogP contribution < -0.4 is 0 Å². The molecule has 0 spiro atoms. The van der Waals surface area contributed by atoms with Crippen molar-refractivity contribution < 1.29 is 13.7 Å². The SMILES string of the molecule is O=C(c1ccncc1F)N1CCCC1CCc1noc(-c2ccncc2)n1. The number of likely N-dealkylation sites (tertiary alicyclic amines) is 1. The number of aromatic nitrogens is 4. The van der Waals surface area contributed by atoms with Gasteiger partial charge in [0.2, 0.25) is 0 Å². The van der Waals surface area contributed by atoms with E-state index in [0.717, 1.165) is 24.6 Å². The van der Waals surface area contributed by atoms with Crippen molar-refractivity contribution in [3.63, 3.8) is 0 Å². The molecule has 0 saturated carbocycles. The molecule has 0 aromatic carbocycles. The quantitative estimate of drug-likeness (QED) is 0.689. The highest BCUT2D eigenvalue weighted by atomic mass is 19.1. The molecule has 1 aliphatic rings. The number of aryl methyl sites for hydroxylation is 1. The largest absolute Gasteiger partial charge is 0.336 e. The first-order valence-electron chi connectivity index (χ1n) is 8.86. The Bertz CT molecular complexity index is 931. The molecule has 7 nitrogen and oxygen atoms in total. The van der Waals surface area contributed by atoms with Gasteiger partial charge in [0.1, 0.15) is 0 Å². The van der Waals surface area contributed by atoms with Gasteiger partial charge in [-0.15, -0.1) is 0 Å². The van der Waals surface area contributed by atoms with E-state index in [-0.39, 0.29) is 17.5 Å². The second-order valence-corrected chi connectivity index (χ2v) is 6.44. The smallest absolute Gasteiger partial charge is 0.258 e. The van der Waals surface area contributed by atoms with Gasteiger partial charge in [0.05, 0.1) is 11.8 Å². The highest BCUT2D eigenvalue weighted by Gasteiger charge is 2.30. The Balaban J connectivity index is 1.41. The summed E-state index contributed by atoms with van der Waals surface area (Å²) in [7, 11) is 0. The molecule has 1 fully saturated rings. The summed E-state index contributed by atoms with van der Waals surface area (Å²) in [6, 6.07) is 5.07. The van der Waals surface area contributed by atoms with E-state index in [4.69, 9.17) is 4.52 Å². The molecule has 1 atom stereocenters. The minimum Gasteiger partial charge on any atom is -0.336 e. The highest BCUT2D eigenvalue weighted by Crippen LogP contribution is 2.25. The first-order chi connectivity index (χ1) is 13.2. The topological polar surface area (TPSA) is 85.0 Å². The third kappa shape index (κ3) is 3.69. The van der Waals surface area contributed by atoms with Crippen LogP contribution in [0.1, 0.15) is 35.4 Å². The number of hydrogen-bond donors (Lipinski definition) is 0. The number of pyridine rings is 2. The van der Waals surface area contributed by atoms with E-state index in [2.05, 4.69) is 20.1 Å². The molecule has 1 unspecified atom stereocenters. The number of amides is 1. The molecule has 4 rings (SSSR count). The average Bonchev–Trinajstić information content (AvgIpc) is 3.36. The molecule has 3 aromatic heterocycles. The zero-order valence-electron chi connectivity index (χ0n) is 14.6. The molecule has 3 aromatic rings. The second kappa shape index (κ2) is 7.61. The lowest BCUT2D eigenvalue weighted by molar-refractivity contribution is 0.0725. The minimum absolute atomic E-state index is 0.0351. The summed E-state index contributed by atoms with van der Waals surface area (Å²) in [4.78, 5) is 26.5. The third-order valence-electron chi connectivity index (χ3n) is 4.74. The summed E-state index contributed by atoms with van der Waals surface area (Å²) in [6.07, 6.45) is 8.90. The van der Waals surface area contributed by atoms with E-state index >= 15 is 0 Å². The van der Waals surface area contributed by atoms with Gasteiger partial charge in [0.15, 0.2) is 11.6 Å². The Hall–Kier alpha value is -3.16. The van der Waals surface area contributed by atoms with Crippen LogP contribution in [0.3, 0.4) is 0 Å². The van der Waals surface area contributed by atoms with Crippen LogP contribution in [0.25, 0.3) is 11.5 Å². The number of hydrogen-bond acceptors (Lipinski definition) is 6. The van der Waals surface area contributed by atoms with Crippen LogP contribution in [-0.2, 0) is 6.42 Å². The van der Waals surface area contributed by atoms with Crippen LogP contribution in [0.4, 0.5) is 4.39 Å². The first-order valence-corrected chi connectivity index (χ1v) is 8.86. The molecule has 4 heterocycles. The molecule has 0 aliphatic carbocycles. The normalized spacial score (nSPS) is 16.6. The molecule has 8 heteroatoms. The maximum Gasteiger partial charge on any atom is 0.258 e. The molecule has 1 saturated heterocycles. The molecule has 1 aliphatic heterocycles. The molecule has 1 amide bonds. The fraction of sp³-hybridized carbons (Fsp3) is 0.316. The summed E-state index contributed by atoms with van der Waals surface area (Å²) >= 11 is 0. The molecular formula is C19H18FN5O2. The molecule has 138 valence electrons. The van der Waals surface area contributed by atoms with Crippen molar-refractivity contribution in [2.75, 3.05) is 6.54 Å². The predicted octanol–water partition coefficient (Wildman–Crippen LogP) is 2.90. The third-order valence-corrected chi connectivity index (χ3v) is 4.74. The van der Waals surface area contributed by atoms with Crippen molar-refractivity contribution in [3.05, 3.63) is 60.2 Å². The van der Waals surface area contributed by atoms with Gasteiger partial charge in [-0.3, -0.25) is 14.8 Å². The molecule has 0 radical (unpaired) electrons. The van der Waals surface area contributed by atoms with E-state index in [1.165, 1.54) is 12.3 Å². The molecule has 0 bridgehead atoms. The fourth-order valence-electron chi connectivity index (χ4n) is 3.37. The van der Waals surface area contributed by atoms with Crippen LogP contribution in [0.5, 0.6) is 0 Å². The van der Waals surface area contributed by atoms with Gasteiger partial charge in [0, 0.05) is 43.2 Å². The molecule has 27 heavy (non-hydrogen) atoms. The summed E-state index contributed by atoms with van der Waals surface area (Å²) in [5, 5.41) is 4.02. The number of halogens is 1. The van der Waals surface area contributed by atoms with E-state index in [0.29, 0.717) is 31.1 Å². The standard InChI is InChI=1S/C19H18FN5O2/c20-16-12-22-10-7-15(16)19(26)25-11-1-2-14(25)3-4-17-23-18(27-24-17)13-5-8-21-9-6-13/h5-10,12,14H,1-4,11H2. The number of nitrogens with zero attached hydrogens (tertiary/aromatic N) is 5. The van der Waals surface area contributed by atoms with Crippen LogP contribution >= 0.6 is 0 Å². The molecule has 0 N–H and O–H groups in total. The number of carbonyl (C=O) groups is 1. The van der Waals surface area contributed by atoms with Gasteiger partial charge in [-0.05, 0) is 37.5 Å². The van der Waals surface area contributed by atoms with Crippen molar-refractivity contribution in [2.24, 2.45) is 0 Å². The minimum atomic E-state index is -0.590. The Morgan fingerprint density at radius 1 is 1.22 bits per heavy atom. The van der Waals surface area contributed by atoms with Gasteiger partial charge in [-0.2, -0.15) is 4.98 Å². The van der Waals surface area contributed by atoms with Crippen molar-refractivity contribution in [1.29, 1.82) is 0 Å². The van der Waals surface area contributed by atoms with Gasteiger partial charge >= 0.3 is 0 Å². The Labute approximate surface area is 155 Å². The Morgan fingerprint density at radius 3 is 2.85 bits per heavy atom. The zero-order valence-corrected chi connectivity index (χ0v) is 14.6. The van der Waals surface area contributed by atoms with Gasteiger partial charge in [-0.1, -0.05) is 5.16 Å². The van der Waals surface area contributed by atoms with Crippen molar-refractivity contribution in [2.45, 2.75) is 31.7 Å². The van der Waals surface area contributed by atoms with Crippen LogP contribution in [-0.4, -0.2) is 43.5 Å². The van der Waals surface area contributed by atoms with Gasteiger partial charge < -0.3 is 9.42 Å². The van der Waals surface area contributed by atoms with Crippen molar-refractivity contribution >= 4 is 5.91 Å². The highest BCUT2D eigenvalue weighted by molar-refractivity contribution is 5.94. The Kier molecular flexibility index (Phi) is 4.86. The lowest BCUT2D eigenvalue weighted by Gasteiger charge is -2.24. The van der Waals surface area contributed by atoms with Crippen molar-refractivity contribution in [3.8, 4) is 11.5 Å². The Morgan fingerprint density at radius 2 is 2.04 bits per heavy atom. The summed E-state index contributed by atoms with van der Waals surface area (Å²) in [6.45, 7) is 0.625. The average molecular weight is 367 g/mol. The van der Waals surface area contributed by atoms with E-state index < -0.39 is 5.82 Å². The lowest BCUT2D eigenvalue weighted by Crippen LogP contribution is -2.36. The predicted molar refractivity (Wildman–Crippen MR) is 94.1 cm³/mol. The summed E-state index contributed by atoms with van der Waals surface area (Å²) < 4.78 is 19.2. The number of carbonyl (C=O) groups excluding carboxylic acids is 1. The van der Waals surface area contributed by atoms with Crippen LogP contribution in [0, 0.1) is 5.82 Å². The monoisotopic (exact) mass is 367 g/mol. The first kappa shape index (κ1) is 17.3. The lowest BCUT2D eigenvalue weighted by atomic mass is 10.1. The number of rotatable bonds is 5. The van der Waals surface area contributed by atoms with Crippen molar-refractivity contribution in [1.82, 2.24) is 25.0 Å². The van der Waals surface area contributed by atoms with E-state index in [1.807, 2.05) is 0 Å². The second-order valence-electron chi connectivity index (χ2n) is 6.44. The fourth-order valence-corrected chi connectivity index (χ4v) is 3.37. The van der Waals surface area contributed by atoms with E-state index in [1.54, 1.807) is 29.4 Å².